The number of rotatable bonds is 7. The maximum atomic E-state index is 13.1. The van der Waals surface area contributed by atoms with Crippen LogP contribution in [0.1, 0.15) is 24.9 Å². The van der Waals surface area contributed by atoms with E-state index in [4.69, 9.17) is 0 Å². The fourth-order valence-corrected chi connectivity index (χ4v) is 3.35. The molecular formula is C22H22FN3O5. The summed E-state index contributed by atoms with van der Waals surface area (Å²) in [4.78, 5) is 50.3. The molecule has 3 N–H and O–H groups in total. The van der Waals surface area contributed by atoms with Gasteiger partial charge in [0.2, 0.25) is 17.7 Å². The Hall–Kier alpha value is -3.75. The summed E-state index contributed by atoms with van der Waals surface area (Å²) in [5, 5.41) is 14.4. The lowest BCUT2D eigenvalue weighted by molar-refractivity contribution is -0.142. The highest BCUT2D eigenvalue weighted by molar-refractivity contribution is 6.01. The minimum absolute atomic E-state index is 0.0423. The topological polar surface area (TPSA) is 116 Å². The first-order valence-corrected chi connectivity index (χ1v) is 9.70. The lowest BCUT2D eigenvalue weighted by Crippen LogP contribution is -2.49. The van der Waals surface area contributed by atoms with E-state index in [0.29, 0.717) is 11.3 Å². The van der Waals surface area contributed by atoms with Gasteiger partial charge in [-0.05, 0) is 36.8 Å². The minimum atomic E-state index is -1.25. The standard InChI is InChI=1S/C22H22FN3O5/c1-13(20(28)25-19(22(30)31)14-5-3-2-4-6-14)24-21(29)15-11-18(27)26(12-15)17-9-7-16(23)8-10-17/h2-10,13,15,19H,11-12H2,1H3,(H,24,29)(H,25,28)(H,30,31)/t13-,15-,19+/m0/s1. The van der Waals surface area contributed by atoms with Crippen LogP contribution in [0.5, 0.6) is 0 Å². The van der Waals surface area contributed by atoms with Gasteiger partial charge in [-0.1, -0.05) is 30.3 Å². The van der Waals surface area contributed by atoms with Crippen LogP contribution in [0, 0.1) is 11.7 Å². The number of hydrogen-bond donors (Lipinski definition) is 3. The number of amides is 3. The average Bonchev–Trinajstić information content (AvgIpc) is 3.14. The zero-order valence-corrected chi connectivity index (χ0v) is 16.7. The zero-order chi connectivity index (χ0) is 22.5. The quantitative estimate of drug-likeness (QED) is 0.621. The predicted octanol–water partition coefficient (Wildman–Crippen LogP) is 1.63. The summed E-state index contributed by atoms with van der Waals surface area (Å²) in [5.74, 6) is -3.78. The molecule has 1 saturated heterocycles. The van der Waals surface area contributed by atoms with Gasteiger partial charge in [0.05, 0.1) is 5.92 Å². The first-order chi connectivity index (χ1) is 14.8. The normalized spacial score (nSPS) is 17.7. The van der Waals surface area contributed by atoms with Crippen molar-refractivity contribution in [1.82, 2.24) is 10.6 Å². The number of carbonyl (C=O) groups is 4. The Labute approximate surface area is 178 Å². The highest BCUT2D eigenvalue weighted by atomic mass is 19.1. The average molecular weight is 427 g/mol. The number of carboxylic acid groups (broad SMARTS) is 1. The fourth-order valence-electron chi connectivity index (χ4n) is 3.35. The molecular weight excluding hydrogens is 405 g/mol. The number of nitrogens with zero attached hydrogens (tertiary/aromatic N) is 1. The molecule has 1 heterocycles. The van der Waals surface area contributed by atoms with Crippen LogP contribution in [0.3, 0.4) is 0 Å². The fraction of sp³-hybridized carbons (Fsp3) is 0.273. The van der Waals surface area contributed by atoms with E-state index >= 15 is 0 Å². The van der Waals surface area contributed by atoms with Crippen molar-refractivity contribution in [3.05, 3.63) is 66.0 Å². The van der Waals surface area contributed by atoms with Crippen molar-refractivity contribution < 1.29 is 28.7 Å². The smallest absolute Gasteiger partial charge is 0.330 e. The summed E-state index contributed by atoms with van der Waals surface area (Å²) < 4.78 is 13.1. The van der Waals surface area contributed by atoms with E-state index in [1.807, 2.05) is 0 Å². The summed E-state index contributed by atoms with van der Waals surface area (Å²) in [6.07, 6.45) is -0.0423. The van der Waals surface area contributed by atoms with Crippen molar-refractivity contribution in [2.24, 2.45) is 5.92 Å². The molecule has 3 rings (SSSR count). The van der Waals surface area contributed by atoms with E-state index in [1.54, 1.807) is 30.3 Å². The van der Waals surface area contributed by atoms with Gasteiger partial charge < -0.3 is 20.6 Å². The van der Waals surface area contributed by atoms with Crippen LogP contribution < -0.4 is 15.5 Å². The molecule has 1 aliphatic heterocycles. The molecule has 162 valence electrons. The van der Waals surface area contributed by atoms with Gasteiger partial charge in [-0.15, -0.1) is 0 Å². The van der Waals surface area contributed by atoms with E-state index < -0.39 is 41.6 Å². The second-order valence-corrected chi connectivity index (χ2v) is 7.30. The molecule has 31 heavy (non-hydrogen) atoms. The zero-order valence-electron chi connectivity index (χ0n) is 16.7. The Kier molecular flexibility index (Phi) is 6.64. The van der Waals surface area contributed by atoms with Crippen molar-refractivity contribution in [2.75, 3.05) is 11.4 Å². The third-order valence-corrected chi connectivity index (χ3v) is 5.05. The number of aliphatic carboxylic acids is 1. The maximum Gasteiger partial charge on any atom is 0.330 e. The Morgan fingerprint density at radius 1 is 1.06 bits per heavy atom. The molecule has 0 spiro atoms. The Bertz CT molecular complexity index is 980. The number of hydrogen-bond acceptors (Lipinski definition) is 4. The Morgan fingerprint density at radius 3 is 2.32 bits per heavy atom. The first kappa shape index (κ1) is 21.9. The van der Waals surface area contributed by atoms with Gasteiger partial charge in [0.1, 0.15) is 11.9 Å². The minimum Gasteiger partial charge on any atom is -0.479 e. The van der Waals surface area contributed by atoms with Crippen LogP contribution in [0.2, 0.25) is 0 Å². The van der Waals surface area contributed by atoms with Crippen LogP contribution in [0.4, 0.5) is 10.1 Å². The molecule has 1 fully saturated rings. The Morgan fingerprint density at radius 2 is 1.71 bits per heavy atom. The van der Waals surface area contributed by atoms with Crippen molar-refractivity contribution >= 4 is 29.4 Å². The van der Waals surface area contributed by atoms with Crippen LogP contribution in [0.15, 0.2) is 54.6 Å². The summed E-state index contributed by atoms with van der Waals surface area (Å²) in [6, 6.07) is 11.3. The number of halogens is 1. The first-order valence-electron chi connectivity index (χ1n) is 9.70. The molecule has 0 bridgehead atoms. The third-order valence-electron chi connectivity index (χ3n) is 5.05. The molecule has 3 atom stereocenters. The second kappa shape index (κ2) is 9.38. The largest absolute Gasteiger partial charge is 0.479 e. The number of carboxylic acids is 1. The summed E-state index contributed by atoms with van der Waals surface area (Å²) in [5.41, 5.74) is 0.887. The van der Waals surface area contributed by atoms with Gasteiger partial charge in [0.15, 0.2) is 6.04 Å². The second-order valence-electron chi connectivity index (χ2n) is 7.30. The van der Waals surface area contributed by atoms with Crippen molar-refractivity contribution in [2.45, 2.75) is 25.4 Å². The van der Waals surface area contributed by atoms with E-state index in [1.165, 1.54) is 36.1 Å². The Balaban J connectivity index is 1.59. The molecule has 2 aromatic carbocycles. The van der Waals surface area contributed by atoms with Gasteiger partial charge in [-0.2, -0.15) is 0 Å². The number of benzene rings is 2. The van der Waals surface area contributed by atoms with E-state index in [0.717, 1.165) is 0 Å². The van der Waals surface area contributed by atoms with E-state index in [9.17, 15) is 28.7 Å². The van der Waals surface area contributed by atoms with Crippen molar-refractivity contribution in [3.8, 4) is 0 Å². The molecule has 9 heteroatoms. The molecule has 0 saturated carbocycles. The van der Waals surface area contributed by atoms with Gasteiger partial charge >= 0.3 is 5.97 Å². The molecule has 0 unspecified atom stereocenters. The van der Waals surface area contributed by atoms with Crippen LogP contribution in [0.25, 0.3) is 0 Å². The van der Waals surface area contributed by atoms with Crippen LogP contribution >= 0.6 is 0 Å². The third kappa shape index (κ3) is 5.25. The van der Waals surface area contributed by atoms with Gasteiger partial charge in [0, 0.05) is 18.7 Å². The highest BCUT2D eigenvalue weighted by Crippen LogP contribution is 2.25. The lowest BCUT2D eigenvalue weighted by atomic mass is 10.1. The predicted molar refractivity (Wildman–Crippen MR) is 109 cm³/mol. The monoisotopic (exact) mass is 427 g/mol. The van der Waals surface area contributed by atoms with Gasteiger partial charge in [-0.3, -0.25) is 14.4 Å². The summed E-state index contributed by atoms with van der Waals surface area (Å²) in [7, 11) is 0. The highest BCUT2D eigenvalue weighted by Gasteiger charge is 2.36. The summed E-state index contributed by atoms with van der Waals surface area (Å²) in [6.45, 7) is 1.54. The number of anilines is 1. The molecule has 0 aliphatic carbocycles. The van der Waals surface area contributed by atoms with E-state index in [-0.39, 0.29) is 18.9 Å². The van der Waals surface area contributed by atoms with Crippen molar-refractivity contribution in [1.29, 1.82) is 0 Å². The van der Waals surface area contributed by atoms with E-state index in [2.05, 4.69) is 10.6 Å². The molecule has 3 amide bonds. The SMILES string of the molecule is C[C@H](NC(=O)[C@H]1CC(=O)N(c2ccc(F)cc2)C1)C(=O)N[C@@H](C(=O)O)c1ccccc1. The number of nitrogens with one attached hydrogen (secondary N) is 2. The lowest BCUT2D eigenvalue weighted by Gasteiger charge is -2.20. The van der Waals surface area contributed by atoms with Gasteiger partial charge in [-0.25, -0.2) is 9.18 Å². The number of carbonyl (C=O) groups excluding carboxylic acids is 3. The molecule has 2 aromatic rings. The summed E-state index contributed by atoms with van der Waals surface area (Å²) >= 11 is 0. The van der Waals surface area contributed by atoms with Crippen LogP contribution in [-0.2, 0) is 19.2 Å². The molecule has 0 radical (unpaired) electrons. The molecule has 1 aliphatic rings. The molecule has 0 aromatic heterocycles. The van der Waals surface area contributed by atoms with Gasteiger partial charge in [0.25, 0.3) is 0 Å². The van der Waals surface area contributed by atoms with Crippen molar-refractivity contribution in [3.63, 3.8) is 0 Å². The molecule has 8 nitrogen and oxygen atoms in total. The maximum absolute atomic E-state index is 13.1. The van der Waals surface area contributed by atoms with Crippen LogP contribution in [-0.4, -0.2) is 41.4 Å².